The van der Waals surface area contributed by atoms with Gasteiger partial charge < -0.3 is 9.32 Å². The topological polar surface area (TPSA) is 54.5 Å². The van der Waals surface area contributed by atoms with E-state index in [4.69, 9.17) is 4.42 Å². The Bertz CT molecular complexity index is 697. The van der Waals surface area contributed by atoms with Gasteiger partial charge in [-0.05, 0) is 32.9 Å². The van der Waals surface area contributed by atoms with Gasteiger partial charge in [0.1, 0.15) is 5.76 Å². The maximum absolute atomic E-state index is 12.9. The quantitative estimate of drug-likeness (QED) is 0.861. The minimum absolute atomic E-state index is 0.143. The van der Waals surface area contributed by atoms with Crippen molar-refractivity contribution in [3.8, 4) is 0 Å². The molecule has 0 spiro atoms. The number of rotatable bonds is 4. The predicted octanol–water partition coefficient (Wildman–Crippen LogP) is 2.08. The van der Waals surface area contributed by atoms with Gasteiger partial charge in [0.05, 0.1) is 24.4 Å². The normalized spacial score (nSPS) is 17.2. The van der Waals surface area contributed by atoms with Crippen LogP contribution in [0.15, 0.2) is 22.8 Å². The number of carbonyl (C=O) groups excluding carboxylic acids is 1. The minimum atomic E-state index is -0.143. The van der Waals surface area contributed by atoms with E-state index in [-0.39, 0.29) is 11.8 Å². The van der Waals surface area contributed by atoms with Crippen LogP contribution in [0.4, 0.5) is 0 Å². The molecule has 1 amide bonds. The van der Waals surface area contributed by atoms with Crippen LogP contribution in [-0.4, -0.2) is 51.7 Å². The number of hydrogen-bond donors (Lipinski definition) is 0. The van der Waals surface area contributed by atoms with E-state index >= 15 is 0 Å². The molecule has 3 heterocycles. The van der Waals surface area contributed by atoms with Gasteiger partial charge >= 0.3 is 0 Å². The van der Waals surface area contributed by atoms with Gasteiger partial charge in [0.2, 0.25) is 5.91 Å². The van der Waals surface area contributed by atoms with Gasteiger partial charge in [0.15, 0.2) is 0 Å². The monoisotopic (exact) mass is 330 g/mol. The smallest absolute Gasteiger partial charge is 0.230 e. The molecule has 1 aliphatic rings. The summed E-state index contributed by atoms with van der Waals surface area (Å²) in [6.45, 7) is 10.1. The molecule has 130 valence electrons. The molecule has 3 rings (SSSR count). The zero-order valence-corrected chi connectivity index (χ0v) is 15.0. The fraction of sp³-hybridized carbons (Fsp3) is 0.556. The molecule has 0 bridgehead atoms. The van der Waals surface area contributed by atoms with Crippen molar-refractivity contribution in [1.82, 2.24) is 19.6 Å². The maximum atomic E-state index is 12.9. The Balaban J connectivity index is 1.60. The summed E-state index contributed by atoms with van der Waals surface area (Å²) in [5.41, 5.74) is 3.10. The number of hydrogen-bond acceptors (Lipinski definition) is 4. The Hall–Kier alpha value is -2.08. The SMILES string of the molecule is Cc1nn(C)c(C)c1[C@@H](C)C(=O)N1CCN(Cc2ccco2)CC1. The van der Waals surface area contributed by atoms with E-state index in [1.54, 1.807) is 6.26 Å². The van der Waals surface area contributed by atoms with Crippen molar-refractivity contribution >= 4 is 5.91 Å². The molecule has 0 aromatic carbocycles. The van der Waals surface area contributed by atoms with E-state index in [2.05, 4.69) is 10.00 Å². The summed E-state index contributed by atoms with van der Waals surface area (Å²) < 4.78 is 7.26. The van der Waals surface area contributed by atoms with Gasteiger partial charge in [-0.1, -0.05) is 0 Å². The lowest BCUT2D eigenvalue weighted by Gasteiger charge is -2.35. The molecule has 0 saturated carbocycles. The molecule has 24 heavy (non-hydrogen) atoms. The predicted molar refractivity (Wildman–Crippen MR) is 91.7 cm³/mol. The molecule has 1 atom stereocenters. The first-order valence-electron chi connectivity index (χ1n) is 8.51. The van der Waals surface area contributed by atoms with Gasteiger partial charge in [-0.2, -0.15) is 5.10 Å². The van der Waals surface area contributed by atoms with Gasteiger partial charge in [-0.3, -0.25) is 14.4 Å². The Morgan fingerprint density at radius 3 is 2.54 bits per heavy atom. The molecule has 0 N–H and O–H groups in total. The molecule has 0 radical (unpaired) electrons. The molecule has 0 unspecified atom stereocenters. The second kappa shape index (κ2) is 6.81. The number of furan rings is 1. The third kappa shape index (κ3) is 3.24. The number of nitrogens with zero attached hydrogens (tertiary/aromatic N) is 4. The molecule has 1 fully saturated rings. The van der Waals surface area contributed by atoms with Crippen LogP contribution >= 0.6 is 0 Å². The van der Waals surface area contributed by atoms with Crippen molar-refractivity contribution in [2.75, 3.05) is 26.2 Å². The second-order valence-electron chi connectivity index (χ2n) is 6.61. The first kappa shape index (κ1) is 16.8. The Labute approximate surface area is 143 Å². The highest BCUT2D eigenvalue weighted by Crippen LogP contribution is 2.25. The van der Waals surface area contributed by atoms with E-state index < -0.39 is 0 Å². The van der Waals surface area contributed by atoms with Gasteiger partial charge in [-0.25, -0.2) is 0 Å². The van der Waals surface area contributed by atoms with Crippen LogP contribution in [0, 0.1) is 13.8 Å². The molecular formula is C18H26N4O2. The van der Waals surface area contributed by atoms with E-state index in [0.29, 0.717) is 0 Å². The number of aryl methyl sites for hydroxylation is 2. The highest BCUT2D eigenvalue weighted by atomic mass is 16.3. The zero-order chi connectivity index (χ0) is 17.3. The lowest BCUT2D eigenvalue weighted by molar-refractivity contribution is -0.134. The van der Waals surface area contributed by atoms with Crippen LogP contribution in [0.25, 0.3) is 0 Å². The van der Waals surface area contributed by atoms with E-state index in [1.807, 2.05) is 49.5 Å². The van der Waals surface area contributed by atoms with Crippen molar-refractivity contribution in [3.63, 3.8) is 0 Å². The van der Waals surface area contributed by atoms with Crippen molar-refractivity contribution in [2.45, 2.75) is 33.2 Å². The largest absolute Gasteiger partial charge is 0.468 e. The lowest BCUT2D eigenvalue weighted by atomic mass is 9.97. The summed E-state index contributed by atoms with van der Waals surface area (Å²) in [6.07, 6.45) is 1.70. The number of aromatic nitrogens is 2. The molecule has 6 nitrogen and oxygen atoms in total. The third-order valence-corrected chi connectivity index (χ3v) is 5.01. The van der Waals surface area contributed by atoms with Crippen LogP contribution in [0.5, 0.6) is 0 Å². The van der Waals surface area contributed by atoms with Crippen molar-refractivity contribution < 1.29 is 9.21 Å². The Morgan fingerprint density at radius 1 is 1.29 bits per heavy atom. The number of carbonyl (C=O) groups is 1. The first-order valence-corrected chi connectivity index (χ1v) is 8.51. The van der Waals surface area contributed by atoms with E-state index in [0.717, 1.165) is 55.4 Å². The number of piperazine rings is 1. The molecule has 1 aliphatic heterocycles. The van der Waals surface area contributed by atoms with Crippen molar-refractivity contribution in [1.29, 1.82) is 0 Å². The molecule has 2 aromatic heterocycles. The average molecular weight is 330 g/mol. The second-order valence-corrected chi connectivity index (χ2v) is 6.61. The van der Waals surface area contributed by atoms with Crippen LogP contribution in [0.1, 0.15) is 35.6 Å². The van der Waals surface area contributed by atoms with E-state index in [9.17, 15) is 4.79 Å². The van der Waals surface area contributed by atoms with Gasteiger partial charge in [0.25, 0.3) is 0 Å². The average Bonchev–Trinajstić information content (AvgIpc) is 3.15. The summed E-state index contributed by atoms with van der Waals surface area (Å²) in [5, 5.41) is 4.44. The maximum Gasteiger partial charge on any atom is 0.230 e. The zero-order valence-electron chi connectivity index (χ0n) is 15.0. The molecule has 2 aromatic rings. The summed E-state index contributed by atoms with van der Waals surface area (Å²) >= 11 is 0. The van der Waals surface area contributed by atoms with Crippen LogP contribution in [0.2, 0.25) is 0 Å². The molecule has 1 saturated heterocycles. The fourth-order valence-electron chi connectivity index (χ4n) is 3.56. The minimum Gasteiger partial charge on any atom is -0.468 e. The van der Waals surface area contributed by atoms with Crippen LogP contribution in [-0.2, 0) is 18.4 Å². The summed E-state index contributed by atoms with van der Waals surface area (Å²) in [5.74, 6) is 1.03. The van der Waals surface area contributed by atoms with E-state index in [1.165, 1.54) is 0 Å². The first-order chi connectivity index (χ1) is 11.5. The summed E-state index contributed by atoms with van der Waals surface area (Å²) in [7, 11) is 1.93. The molecule has 0 aliphatic carbocycles. The highest BCUT2D eigenvalue weighted by Gasteiger charge is 2.29. The molecular weight excluding hydrogens is 304 g/mol. The standard InChI is InChI=1S/C18H26N4O2/c1-13(17-14(2)19-20(4)15(17)3)18(23)22-9-7-21(8-10-22)12-16-6-5-11-24-16/h5-6,11,13H,7-10,12H2,1-4H3/t13-/m1/s1. The summed E-state index contributed by atoms with van der Waals surface area (Å²) in [6, 6.07) is 3.91. The van der Waals surface area contributed by atoms with Crippen molar-refractivity contribution in [3.05, 3.63) is 41.1 Å². The van der Waals surface area contributed by atoms with Gasteiger partial charge in [-0.15, -0.1) is 0 Å². The molecule has 6 heteroatoms. The van der Waals surface area contributed by atoms with Gasteiger partial charge in [0, 0.05) is 44.5 Å². The Kier molecular flexibility index (Phi) is 4.76. The Morgan fingerprint density at radius 2 is 2.00 bits per heavy atom. The van der Waals surface area contributed by atoms with Crippen molar-refractivity contribution in [2.24, 2.45) is 7.05 Å². The summed E-state index contributed by atoms with van der Waals surface area (Å²) in [4.78, 5) is 17.2. The van der Waals surface area contributed by atoms with Crippen LogP contribution < -0.4 is 0 Å². The van der Waals surface area contributed by atoms with Crippen LogP contribution in [0.3, 0.4) is 0 Å². The third-order valence-electron chi connectivity index (χ3n) is 5.01. The number of amides is 1. The fourth-order valence-corrected chi connectivity index (χ4v) is 3.56. The lowest BCUT2D eigenvalue weighted by Crippen LogP contribution is -2.49. The highest BCUT2D eigenvalue weighted by molar-refractivity contribution is 5.84.